The van der Waals surface area contributed by atoms with Gasteiger partial charge in [-0.2, -0.15) is 0 Å². The number of Topliss-reactive ketones (excluding diaryl/α,β-unsaturated/α-hetero) is 1. The van der Waals surface area contributed by atoms with E-state index >= 15 is 0 Å². The van der Waals surface area contributed by atoms with E-state index in [-0.39, 0.29) is 115 Å². The largest absolute Gasteiger partial charge is 0.481 e. The van der Waals surface area contributed by atoms with Crippen LogP contribution >= 0.6 is 0 Å². The fourth-order valence-corrected chi connectivity index (χ4v) is 5.89. The molecule has 11 N–H and O–H groups in total. The summed E-state index contributed by atoms with van der Waals surface area (Å²) >= 11 is 0. The van der Waals surface area contributed by atoms with Gasteiger partial charge in [-0.1, -0.05) is 77.0 Å². The Hall–Kier alpha value is -3.75. The van der Waals surface area contributed by atoms with Crippen molar-refractivity contribution in [3.63, 3.8) is 0 Å². The molecule has 0 rings (SSSR count). The molecule has 0 spiro atoms. The SMILES string of the molecule is NC(=O)[C@@H](N)CCCC(N)C(=O)COCCOCCNC(=O)COCCOCCNC(=O)CC[C@H](NC(=O)CCCCCCCCCCCCCCCCC(=O)O)C(=O)O. The molecule has 0 aromatic heterocycles. The molecule has 0 fully saturated rings. The van der Waals surface area contributed by atoms with Crippen molar-refractivity contribution < 1.29 is 62.7 Å². The minimum absolute atomic E-state index is 0.0327. The molecule has 19 nitrogen and oxygen atoms in total. The van der Waals surface area contributed by atoms with Gasteiger partial charge in [-0.15, -0.1) is 0 Å². The first kappa shape index (κ1) is 56.2. The number of nitrogens with one attached hydrogen (secondary N) is 3. The quantitative estimate of drug-likeness (QED) is 0.0406. The highest BCUT2D eigenvalue weighted by Crippen LogP contribution is 2.14. The summed E-state index contributed by atoms with van der Waals surface area (Å²) in [7, 11) is 0. The van der Waals surface area contributed by atoms with Gasteiger partial charge in [-0.3, -0.25) is 28.8 Å². The van der Waals surface area contributed by atoms with Crippen LogP contribution in [0, 0.1) is 0 Å². The molecule has 348 valence electrons. The molecule has 0 aromatic rings. The lowest BCUT2D eigenvalue weighted by Gasteiger charge is -2.14. The second-order valence-corrected chi connectivity index (χ2v) is 14.9. The van der Waals surface area contributed by atoms with Crippen molar-refractivity contribution in [2.45, 2.75) is 153 Å². The van der Waals surface area contributed by atoms with Crippen LogP contribution in [0.4, 0.5) is 0 Å². The Balaban J connectivity index is 3.69. The number of primary amides is 1. The average Bonchev–Trinajstić information content (AvgIpc) is 3.20. The number of ketones is 1. The Morgan fingerprint density at radius 3 is 1.42 bits per heavy atom. The third-order valence-corrected chi connectivity index (χ3v) is 9.51. The van der Waals surface area contributed by atoms with Crippen molar-refractivity contribution >= 4 is 41.4 Å². The third kappa shape index (κ3) is 37.3. The van der Waals surface area contributed by atoms with E-state index in [1.807, 2.05) is 0 Å². The average molecular weight is 861 g/mol. The van der Waals surface area contributed by atoms with Crippen LogP contribution in [-0.2, 0) is 52.5 Å². The van der Waals surface area contributed by atoms with Gasteiger partial charge in [-0.05, 0) is 38.5 Å². The summed E-state index contributed by atoms with van der Waals surface area (Å²) in [6.07, 6.45) is 16.6. The van der Waals surface area contributed by atoms with E-state index in [0.717, 1.165) is 44.9 Å². The number of hydrogen-bond donors (Lipinski definition) is 8. The number of nitrogens with two attached hydrogens (primary N) is 3. The predicted octanol–water partition coefficient (Wildman–Crippen LogP) is 1.84. The van der Waals surface area contributed by atoms with Gasteiger partial charge < -0.3 is 62.3 Å². The molecule has 4 amide bonds. The van der Waals surface area contributed by atoms with Gasteiger partial charge in [0.1, 0.15) is 19.3 Å². The first-order valence-corrected chi connectivity index (χ1v) is 21.7. The standard InChI is InChI=1S/C41H76N6O13/c42-32(16-15-17-33(43)40(44)54)35(48)30-59-28-26-58-25-23-46-38(51)31-60-29-27-57-24-22-45-36(49)21-20-34(41(55)56)47-37(50)18-13-11-9-7-5-3-1-2-4-6-8-10-12-14-19-39(52)53/h32-34H,1-31,42-43H2,(H2,44,54)(H,45,49)(H,46,51)(H,47,50)(H,52,53)(H,55,56)/t32?,33-,34-/m0/s1. The molecule has 3 atom stereocenters. The predicted molar refractivity (Wildman–Crippen MR) is 224 cm³/mol. The number of carboxylic acids is 2. The zero-order valence-corrected chi connectivity index (χ0v) is 35.8. The van der Waals surface area contributed by atoms with Crippen molar-refractivity contribution in [1.82, 2.24) is 16.0 Å². The lowest BCUT2D eigenvalue weighted by molar-refractivity contribution is -0.142. The summed E-state index contributed by atoms with van der Waals surface area (Å²) in [5, 5.41) is 26.0. The fourth-order valence-electron chi connectivity index (χ4n) is 5.89. The van der Waals surface area contributed by atoms with E-state index in [1.54, 1.807) is 0 Å². The Morgan fingerprint density at radius 2 is 0.917 bits per heavy atom. The highest BCUT2D eigenvalue weighted by Gasteiger charge is 2.21. The summed E-state index contributed by atoms with van der Waals surface area (Å²) < 4.78 is 21.3. The molecule has 0 aliphatic heterocycles. The first-order valence-electron chi connectivity index (χ1n) is 21.7. The van der Waals surface area contributed by atoms with Gasteiger partial charge in [0.15, 0.2) is 5.78 Å². The number of ether oxygens (including phenoxy) is 4. The number of carboxylic acid groups (broad SMARTS) is 2. The number of rotatable bonds is 44. The molecular weight excluding hydrogens is 784 g/mol. The highest BCUT2D eigenvalue weighted by atomic mass is 16.5. The Bertz CT molecular complexity index is 1200. The van der Waals surface area contributed by atoms with Crippen molar-refractivity contribution in [2.24, 2.45) is 17.2 Å². The number of carbonyl (C=O) groups is 7. The minimum atomic E-state index is -1.19. The summed E-state index contributed by atoms with van der Waals surface area (Å²) in [5.74, 6) is -3.81. The van der Waals surface area contributed by atoms with Crippen LogP contribution in [0.2, 0.25) is 0 Å². The van der Waals surface area contributed by atoms with E-state index < -0.39 is 36.0 Å². The van der Waals surface area contributed by atoms with Crippen LogP contribution in [0.5, 0.6) is 0 Å². The maximum atomic E-state index is 12.3. The van der Waals surface area contributed by atoms with Gasteiger partial charge >= 0.3 is 11.9 Å². The molecule has 0 aromatic carbocycles. The summed E-state index contributed by atoms with van der Waals surface area (Å²) in [6.45, 7) is 1.27. The Morgan fingerprint density at radius 1 is 0.467 bits per heavy atom. The molecule has 1 unspecified atom stereocenters. The molecule has 0 saturated heterocycles. The van der Waals surface area contributed by atoms with Crippen molar-refractivity contribution in [2.75, 3.05) is 65.9 Å². The van der Waals surface area contributed by atoms with E-state index in [4.69, 9.17) is 41.3 Å². The summed E-state index contributed by atoms with van der Waals surface area (Å²) in [6, 6.07) is -2.62. The molecular formula is C41H76N6O13. The first-order chi connectivity index (χ1) is 28.8. The molecule has 0 aliphatic rings. The van der Waals surface area contributed by atoms with Crippen LogP contribution < -0.4 is 33.2 Å². The van der Waals surface area contributed by atoms with Crippen molar-refractivity contribution in [3.8, 4) is 0 Å². The number of unbranched alkanes of at least 4 members (excludes halogenated alkanes) is 13. The van der Waals surface area contributed by atoms with Crippen molar-refractivity contribution in [3.05, 3.63) is 0 Å². The smallest absolute Gasteiger partial charge is 0.326 e. The van der Waals surface area contributed by atoms with Crippen LogP contribution in [-0.4, -0.2) is 136 Å². The topological polar surface area (TPSA) is 311 Å². The van der Waals surface area contributed by atoms with Crippen LogP contribution in [0.25, 0.3) is 0 Å². The van der Waals surface area contributed by atoms with Gasteiger partial charge in [0, 0.05) is 32.4 Å². The molecule has 0 radical (unpaired) electrons. The monoisotopic (exact) mass is 861 g/mol. The van der Waals surface area contributed by atoms with Gasteiger partial charge in [0.05, 0.1) is 51.7 Å². The molecule has 0 heterocycles. The van der Waals surface area contributed by atoms with Crippen LogP contribution in [0.3, 0.4) is 0 Å². The third-order valence-electron chi connectivity index (χ3n) is 9.51. The second-order valence-electron chi connectivity index (χ2n) is 14.9. The lowest BCUT2D eigenvalue weighted by atomic mass is 10.0. The zero-order valence-electron chi connectivity index (χ0n) is 35.8. The van der Waals surface area contributed by atoms with Crippen LogP contribution in [0.1, 0.15) is 135 Å². The molecule has 0 aliphatic carbocycles. The summed E-state index contributed by atoms with van der Waals surface area (Å²) in [4.78, 5) is 81.5. The number of amides is 4. The Labute approximate surface area is 355 Å². The normalized spacial score (nSPS) is 12.6. The fraction of sp³-hybridized carbons (Fsp3) is 0.829. The van der Waals surface area contributed by atoms with E-state index in [9.17, 15) is 38.7 Å². The van der Waals surface area contributed by atoms with Gasteiger partial charge in [-0.25, -0.2) is 4.79 Å². The highest BCUT2D eigenvalue weighted by molar-refractivity contribution is 5.85. The summed E-state index contributed by atoms with van der Waals surface area (Å²) in [5.41, 5.74) is 16.5. The van der Waals surface area contributed by atoms with Crippen molar-refractivity contribution in [1.29, 1.82) is 0 Å². The lowest BCUT2D eigenvalue weighted by Crippen LogP contribution is -2.41. The Kier molecular flexibility index (Phi) is 36.9. The number of aliphatic carboxylic acids is 2. The minimum Gasteiger partial charge on any atom is -0.481 e. The molecule has 0 saturated carbocycles. The van der Waals surface area contributed by atoms with E-state index in [2.05, 4.69) is 16.0 Å². The number of carbonyl (C=O) groups excluding carboxylic acids is 5. The zero-order chi connectivity index (χ0) is 44.6. The number of hydrogen-bond acceptors (Lipinski definition) is 13. The maximum absolute atomic E-state index is 12.3. The molecule has 0 bridgehead atoms. The van der Waals surface area contributed by atoms with Gasteiger partial charge in [0.2, 0.25) is 23.6 Å². The maximum Gasteiger partial charge on any atom is 0.326 e. The molecule has 19 heteroatoms. The second kappa shape index (κ2) is 39.4. The van der Waals surface area contributed by atoms with Gasteiger partial charge in [0.25, 0.3) is 0 Å². The molecule has 60 heavy (non-hydrogen) atoms. The van der Waals surface area contributed by atoms with Crippen LogP contribution in [0.15, 0.2) is 0 Å². The van der Waals surface area contributed by atoms with E-state index in [1.165, 1.54) is 38.5 Å². The van der Waals surface area contributed by atoms with E-state index in [0.29, 0.717) is 25.7 Å².